The zero-order valence-electron chi connectivity index (χ0n) is 8.54. The monoisotopic (exact) mass is 189 g/mol. The Morgan fingerprint density at radius 3 is 2.62 bits per heavy atom. The number of methoxy groups -OCH3 is 1. The van der Waals surface area contributed by atoms with E-state index in [-0.39, 0.29) is 12.5 Å². The molecule has 0 aromatic heterocycles. The van der Waals surface area contributed by atoms with Crippen LogP contribution in [0.2, 0.25) is 0 Å². The van der Waals surface area contributed by atoms with Crippen LogP contribution in [0.4, 0.5) is 0 Å². The van der Waals surface area contributed by atoms with Gasteiger partial charge in [-0.3, -0.25) is 4.79 Å². The molecular formula is C8H19N3O2. The predicted molar refractivity (Wildman–Crippen MR) is 51.4 cm³/mol. The minimum Gasteiger partial charge on any atom is -0.370 e. The van der Waals surface area contributed by atoms with E-state index in [1.807, 2.05) is 19.0 Å². The van der Waals surface area contributed by atoms with Crippen molar-refractivity contribution in [1.82, 2.24) is 10.2 Å². The van der Waals surface area contributed by atoms with Crippen molar-refractivity contribution < 1.29 is 9.53 Å². The minimum absolute atomic E-state index is 0.146. The lowest BCUT2D eigenvalue weighted by molar-refractivity contribution is -0.130. The first-order chi connectivity index (χ1) is 6.11. The third-order valence-electron chi connectivity index (χ3n) is 1.65. The SMILES string of the molecule is COC(CN)C(=O)NCCN(C)C. The molecule has 0 aliphatic rings. The van der Waals surface area contributed by atoms with Gasteiger partial charge in [-0.2, -0.15) is 0 Å². The Hall–Kier alpha value is -0.650. The van der Waals surface area contributed by atoms with Crippen molar-refractivity contribution in [2.45, 2.75) is 6.10 Å². The lowest BCUT2D eigenvalue weighted by atomic mass is 10.3. The summed E-state index contributed by atoms with van der Waals surface area (Å²) in [4.78, 5) is 13.2. The van der Waals surface area contributed by atoms with Crippen molar-refractivity contribution in [2.24, 2.45) is 5.73 Å². The molecule has 0 heterocycles. The molecule has 0 saturated heterocycles. The highest BCUT2D eigenvalue weighted by molar-refractivity contribution is 5.80. The standard InChI is InChI=1S/C8H19N3O2/c1-11(2)5-4-10-8(12)7(6-9)13-3/h7H,4-6,9H2,1-3H3,(H,10,12). The second-order valence-electron chi connectivity index (χ2n) is 3.05. The van der Waals surface area contributed by atoms with Gasteiger partial charge >= 0.3 is 0 Å². The van der Waals surface area contributed by atoms with Gasteiger partial charge in [0, 0.05) is 26.7 Å². The van der Waals surface area contributed by atoms with E-state index in [0.29, 0.717) is 6.54 Å². The molecule has 0 rings (SSSR count). The van der Waals surface area contributed by atoms with Crippen LogP contribution in [0.15, 0.2) is 0 Å². The van der Waals surface area contributed by atoms with Gasteiger partial charge in [-0.15, -0.1) is 0 Å². The lowest BCUT2D eigenvalue weighted by Crippen LogP contribution is -2.42. The zero-order valence-corrected chi connectivity index (χ0v) is 8.54. The number of hydrogen-bond acceptors (Lipinski definition) is 4. The molecule has 5 nitrogen and oxygen atoms in total. The van der Waals surface area contributed by atoms with Crippen LogP contribution < -0.4 is 11.1 Å². The maximum absolute atomic E-state index is 11.3. The van der Waals surface area contributed by atoms with Crippen molar-refractivity contribution in [3.63, 3.8) is 0 Å². The third-order valence-corrected chi connectivity index (χ3v) is 1.65. The molecule has 5 heteroatoms. The van der Waals surface area contributed by atoms with Crippen LogP contribution in [-0.4, -0.2) is 57.8 Å². The van der Waals surface area contributed by atoms with Crippen LogP contribution in [0.25, 0.3) is 0 Å². The van der Waals surface area contributed by atoms with Gasteiger partial charge in [0.25, 0.3) is 0 Å². The van der Waals surface area contributed by atoms with E-state index in [0.717, 1.165) is 6.54 Å². The summed E-state index contributed by atoms with van der Waals surface area (Å²) < 4.78 is 4.87. The molecule has 0 aliphatic carbocycles. The van der Waals surface area contributed by atoms with Crippen molar-refractivity contribution >= 4 is 5.91 Å². The molecule has 1 amide bonds. The number of carbonyl (C=O) groups excluding carboxylic acids is 1. The molecule has 0 aliphatic heterocycles. The fourth-order valence-corrected chi connectivity index (χ4v) is 0.827. The van der Waals surface area contributed by atoms with Gasteiger partial charge in [-0.25, -0.2) is 0 Å². The smallest absolute Gasteiger partial charge is 0.250 e. The summed E-state index contributed by atoms with van der Waals surface area (Å²) in [6, 6.07) is 0. The Morgan fingerprint density at radius 1 is 1.62 bits per heavy atom. The van der Waals surface area contributed by atoms with Crippen molar-refractivity contribution in [1.29, 1.82) is 0 Å². The summed E-state index contributed by atoms with van der Waals surface area (Å²) in [7, 11) is 5.37. The molecule has 13 heavy (non-hydrogen) atoms. The van der Waals surface area contributed by atoms with Gasteiger partial charge in [0.15, 0.2) is 0 Å². The second kappa shape index (κ2) is 6.82. The summed E-state index contributed by atoms with van der Waals surface area (Å²) in [6.45, 7) is 1.64. The largest absolute Gasteiger partial charge is 0.370 e. The van der Waals surface area contributed by atoms with Gasteiger partial charge in [0.1, 0.15) is 6.10 Å². The summed E-state index contributed by atoms with van der Waals surface area (Å²) in [5.74, 6) is -0.146. The van der Waals surface area contributed by atoms with Crippen LogP contribution in [0.1, 0.15) is 0 Å². The molecule has 0 aromatic carbocycles. The van der Waals surface area contributed by atoms with E-state index in [1.165, 1.54) is 7.11 Å². The third kappa shape index (κ3) is 5.57. The molecule has 3 N–H and O–H groups in total. The van der Waals surface area contributed by atoms with Gasteiger partial charge in [-0.05, 0) is 14.1 Å². The Kier molecular flexibility index (Phi) is 6.48. The Labute approximate surface area is 79.2 Å². The van der Waals surface area contributed by atoms with Crippen LogP contribution in [-0.2, 0) is 9.53 Å². The number of likely N-dealkylation sites (N-methyl/N-ethyl adjacent to an activating group) is 1. The average Bonchev–Trinajstić information content (AvgIpc) is 2.05. The van der Waals surface area contributed by atoms with E-state index in [4.69, 9.17) is 10.5 Å². The number of ether oxygens (including phenoxy) is 1. The number of nitrogens with one attached hydrogen (secondary N) is 1. The van der Waals surface area contributed by atoms with Crippen LogP contribution in [0.5, 0.6) is 0 Å². The highest BCUT2D eigenvalue weighted by Crippen LogP contribution is 1.85. The second-order valence-corrected chi connectivity index (χ2v) is 3.05. The van der Waals surface area contributed by atoms with E-state index in [1.54, 1.807) is 0 Å². The molecule has 1 unspecified atom stereocenters. The molecule has 0 aromatic rings. The Morgan fingerprint density at radius 2 is 2.23 bits per heavy atom. The number of nitrogens with two attached hydrogens (primary N) is 1. The van der Waals surface area contributed by atoms with E-state index < -0.39 is 6.10 Å². The Balaban J connectivity index is 3.60. The quantitative estimate of drug-likeness (QED) is 0.541. The first-order valence-corrected chi connectivity index (χ1v) is 4.27. The van der Waals surface area contributed by atoms with E-state index in [2.05, 4.69) is 5.32 Å². The number of carbonyl (C=O) groups is 1. The molecule has 0 radical (unpaired) electrons. The normalized spacial score (nSPS) is 13.0. The maximum atomic E-state index is 11.3. The molecule has 0 bridgehead atoms. The fraction of sp³-hybridized carbons (Fsp3) is 0.875. The number of amides is 1. The van der Waals surface area contributed by atoms with E-state index >= 15 is 0 Å². The van der Waals surface area contributed by atoms with E-state index in [9.17, 15) is 4.79 Å². The lowest BCUT2D eigenvalue weighted by Gasteiger charge is -2.14. The van der Waals surface area contributed by atoms with Crippen LogP contribution in [0.3, 0.4) is 0 Å². The van der Waals surface area contributed by atoms with Crippen molar-refractivity contribution in [3.05, 3.63) is 0 Å². The summed E-state index contributed by atoms with van der Waals surface area (Å²) >= 11 is 0. The summed E-state index contributed by atoms with van der Waals surface area (Å²) in [6.07, 6.45) is -0.526. The van der Waals surface area contributed by atoms with Gasteiger partial charge in [-0.1, -0.05) is 0 Å². The summed E-state index contributed by atoms with van der Waals surface area (Å²) in [5.41, 5.74) is 5.32. The van der Waals surface area contributed by atoms with Crippen LogP contribution >= 0.6 is 0 Å². The maximum Gasteiger partial charge on any atom is 0.250 e. The number of nitrogens with zero attached hydrogens (tertiary/aromatic N) is 1. The predicted octanol–water partition coefficient (Wildman–Crippen LogP) is -1.36. The zero-order chi connectivity index (χ0) is 10.3. The number of hydrogen-bond donors (Lipinski definition) is 2. The van der Waals surface area contributed by atoms with Crippen molar-refractivity contribution in [3.8, 4) is 0 Å². The van der Waals surface area contributed by atoms with Gasteiger partial charge in [0.05, 0.1) is 0 Å². The molecule has 0 saturated carbocycles. The first kappa shape index (κ1) is 12.3. The molecule has 1 atom stereocenters. The van der Waals surface area contributed by atoms with Crippen molar-refractivity contribution in [2.75, 3.05) is 40.8 Å². The molecule has 0 fully saturated rings. The molecular weight excluding hydrogens is 170 g/mol. The molecule has 78 valence electrons. The highest BCUT2D eigenvalue weighted by atomic mass is 16.5. The highest BCUT2D eigenvalue weighted by Gasteiger charge is 2.14. The first-order valence-electron chi connectivity index (χ1n) is 4.27. The molecule has 0 spiro atoms. The minimum atomic E-state index is -0.526. The summed E-state index contributed by atoms with van der Waals surface area (Å²) in [5, 5.41) is 2.73. The topological polar surface area (TPSA) is 67.6 Å². The van der Waals surface area contributed by atoms with Gasteiger partial charge in [0.2, 0.25) is 5.91 Å². The number of rotatable bonds is 6. The van der Waals surface area contributed by atoms with Crippen LogP contribution in [0, 0.1) is 0 Å². The Bertz CT molecular complexity index is 146. The average molecular weight is 189 g/mol. The fourth-order valence-electron chi connectivity index (χ4n) is 0.827. The van der Waals surface area contributed by atoms with Gasteiger partial charge < -0.3 is 20.7 Å².